The first-order valence-electron chi connectivity index (χ1n) is 38.5. The second-order valence-electron chi connectivity index (χ2n) is 30.0. The van der Waals surface area contributed by atoms with Crippen molar-refractivity contribution >= 4 is 213 Å². The first kappa shape index (κ1) is 95.8. The van der Waals surface area contributed by atoms with Crippen LogP contribution in [-0.4, -0.2) is 309 Å². The van der Waals surface area contributed by atoms with Gasteiger partial charge in [-0.3, -0.25) is 61.0 Å². The van der Waals surface area contributed by atoms with Gasteiger partial charge in [0.05, 0.1) is 63.0 Å². The number of anilines is 6. The van der Waals surface area contributed by atoms with Gasteiger partial charge in [-0.1, -0.05) is 26.1 Å². The van der Waals surface area contributed by atoms with E-state index in [1.807, 2.05) is 0 Å². The van der Waals surface area contributed by atoms with Crippen LogP contribution in [0.4, 0.5) is 61.2 Å². The summed E-state index contributed by atoms with van der Waals surface area (Å²) in [6, 6.07) is 4.47. The monoisotopic (exact) mass is 2130 g/mol. The molecule has 9 aliphatic heterocycles. The molecule has 30 atom stereocenters. The smallest absolute Gasteiger partial charge is 0.325 e. The van der Waals surface area contributed by atoms with Gasteiger partial charge in [-0.25, -0.2) is 46.3 Å². The fraction of sp³-hybridized carbons (Fsp3) is 0.517. The molecule has 0 saturated carbocycles. The number of nitrogen functional groups attached to an aromatic ring is 6. The molecule has 135 heavy (non-hydrogen) atoms. The molecule has 59 nitrogen and oxygen atoms in total. The molecule has 21 N–H and O–H groups in total. The summed E-state index contributed by atoms with van der Waals surface area (Å²) in [6.07, 6.45) is -35.3. The molecule has 0 aliphatic carbocycles. The van der Waals surface area contributed by atoms with E-state index in [9.17, 15) is 43.7 Å². The number of aromatic amines is 3. The standard InChI is InChI=1S/C20H22F2N10O9P2S2.2C19H21F2N11O9P2S2/c21-9-7-3-36-42(34,44)40-13-8(39-18(10(13)22)31-5-26-11-6(23)1-2-25-15(11)31)4-37-43(35,45)41-14(9)19(38-7)32-16-12(29-30-32)17(33)28-20(24)27-16;2*20-8-6-3-36-42(34,44)40-12-7(39-17(9(12)21)31-14-10(27-29-31)5(22)1-2-24-14)4-37-43(35,45)41-13(8)18(38-6)32-15-11(28-30-32)16(33)26-19(23)25-15/h1-2,5,7-10,13-14,18-19H,3-4H2,(H2,23,25)(H,34,44)(H,35,45)(H3,24,27,28,33);2*1-2,6-9,12-13,17-18H,3-4H2,(H2,22,24)(H,34,44)(H,35,45)(H3,23,25,26,33)/t7-,8-,9-,10+,13-,14-,18-,19-,42?,43?;2*6-,7-,8-,9+,12-,13-,17-,18-,42?,43?/m111/s1. The summed E-state index contributed by atoms with van der Waals surface area (Å²) in [4.78, 5) is 138. The normalized spacial score (nSPS) is 37.7. The molecule has 77 heteroatoms. The predicted molar refractivity (Wildman–Crippen MR) is 459 cm³/mol. The molecule has 12 aromatic heterocycles. The van der Waals surface area contributed by atoms with Crippen LogP contribution in [0.3, 0.4) is 0 Å². The number of nitrogens with zero attached hydrogens (tertiary/aromatic N) is 23. The van der Waals surface area contributed by atoms with Crippen LogP contribution in [0.15, 0.2) is 57.5 Å². The van der Waals surface area contributed by atoms with Gasteiger partial charge in [-0.15, -0.1) is 25.5 Å². The molecule has 21 rings (SSSR count). The summed E-state index contributed by atoms with van der Waals surface area (Å²) in [7, 11) is 0. The van der Waals surface area contributed by atoms with Crippen molar-refractivity contribution in [2.75, 3.05) is 74.0 Å². The van der Waals surface area contributed by atoms with E-state index in [-0.39, 0.29) is 102 Å². The Morgan fingerprint density at radius 1 is 0.319 bits per heavy atom. The third kappa shape index (κ3) is 18.6. The highest BCUT2D eigenvalue weighted by atomic mass is 32.5. The van der Waals surface area contributed by atoms with Crippen LogP contribution >= 0.6 is 40.3 Å². The Kier molecular flexibility index (Phi) is 25.9. The molecule has 0 spiro atoms. The highest BCUT2D eigenvalue weighted by Gasteiger charge is 2.60. The van der Waals surface area contributed by atoms with Gasteiger partial charge in [-0.05, 0) is 89.0 Å². The topological polar surface area (TPSA) is 791 Å². The second-order valence-corrected chi connectivity index (χ2v) is 46.7. The number of H-pyrrole nitrogens is 3. The zero-order valence-electron chi connectivity index (χ0n) is 66.5. The van der Waals surface area contributed by atoms with Crippen molar-refractivity contribution in [2.24, 2.45) is 0 Å². The number of aromatic nitrogens is 26. The van der Waals surface area contributed by atoms with Gasteiger partial charge in [0.15, 0.2) is 136 Å². The fourth-order valence-electron chi connectivity index (χ4n) is 15.3. The Morgan fingerprint density at radius 3 is 0.889 bits per heavy atom. The zero-order valence-corrected chi connectivity index (χ0v) is 76.8. The van der Waals surface area contributed by atoms with Crippen LogP contribution in [0.25, 0.3) is 67.0 Å². The maximum Gasteiger partial charge on any atom is 0.325 e. The number of fused-ring (bicyclic) bond motifs is 15. The van der Waals surface area contributed by atoms with Crippen LogP contribution in [0, 0.1) is 0 Å². The third-order valence-corrected chi connectivity index (χ3v) is 30.7. The summed E-state index contributed by atoms with van der Waals surface area (Å²) in [5, 5.41) is 38.3. The number of hydrogen-bond donors (Lipinski definition) is 15. The largest absolute Gasteiger partial charge is 0.397 e. The number of ether oxygens (including phenoxy) is 6. The summed E-state index contributed by atoms with van der Waals surface area (Å²) >= 11 is 30.8. The molecule has 9 fully saturated rings. The van der Waals surface area contributed by atoms with E-state index in [0.29, 0.717) is 0 Å². The molecule has 9 saturated heterocycles. The molecule has 726 valence electrons. The lowest BCUT2D eigenvalue weighted by molar-refractivity contribution is -0.0652. The van der Waals surface area contributed by atoms with Gasteiger partial charge >= 0.3 is 40.3 Å². The van der Waals surface area contributed by atoms with E-state index in [1.165, 1.54) is 47.7 Å². The molecule has 6 bridgehead atoms. The maximum absolute atomic E-state index is 16.0. The number of nitrogens with two attached hydrogens (primary N) is 6. The van der Waals surface area contributed by atoms with Crippen LogP contribution < -0.4 is 51.1 Å². The van der Waals surface area contributed by atoms with Gasteiger partial charge in [0.1, 0.15) is 78.8 Å². The number of imidazole rings is 1. The summed E-state index contributed by atoms with van der Waals surface area (Å²) in [5.74, 6) is -0.891. The Balaban J connectivity index is 0.000000130. The lowest BCUT2D eigenvalue weighted by atomic mass is 10.1. The number of pyridine rings is 3. The van der Waals surface area contributed by atoms with Crippen molar-refractivity contribution in [3.05, 3.63) is 74.2 Å². The van der Waals surface area contributed by atoms with E-state index < -0.39 is 244 Å². The molecular formula is C58H64F6N32O27P6S6. The van der Waals surface area contributed by atoms with Gasteiger partial charge in [-0.2, -0.15) is 38.4 Å². The van der Waals surface area contributed by atoms with Crippen molar-refractivity contribution in [2.45, 2.75) is 148 Å². The Morgan fingerprint density at radius 2 is 0.570 bits per heavy atom. The first-order valence-corrected chi connectivity index (χ1v) is 54.0. The molecule has 0 amide bonds. The number of hydrogen-bond acceptors (Lipinski definition) is 50. The van der Waals surface area contributed by atoms with Crippen molar-refractivity contribution < 1.29 is 138 Å². The summed E-state index contributed by atoms with van der Waals surface area (Å²) < 4.78 is 202. The molecule has 12 aromatic rings. The molecule has 6 unspecified atom stereocenters. The van der Waals surface area contributed by atoms with Crippen LogP contribution in [0.1, 0.15) is 37.4 Å². The van der Waals surface area contributed by atoms with E-state index >= 15 is 26.3 Å². The van der Waals surface area contributed by atoms with Gasteiger partial charge in [0, 0.05) is 18.6 Å². The lowest BCUT2D eigenvalue weighted by Gasteiger charge is -2.27. The van der Waals surface area contributed by atoms with E-state index in [4.69, 9.17) is 188 Å². The average Bonchev–Trinajstić information content (AvgIpc) is 1.63. The highest BCUT2D eigenvalue weighted by Crippen LogP contribution is 2.60. The maximum atomic E-state index is 16.0. The Labute approximate surface area is 772 Å². The number of nitrogens with one attached hydrogen (secondary N) is 3. The number of alkyl halides is 6. The van der Waals surface area contributed by atoms with E-state index in [0.717, 1.165) is 23.4 Å². The molecule has 9 aliphatic rings. The number of halogens is 6. The van der Waals surface area contributed by atoms with Gasteiger partial charge in [0.2, 0.25) is 17.8 Å². The predicted octanol–water partition coefficient (Wildman–Crippen LogP) is -1.67. The zero-order chi connectivity index (χ0) is 95.5. The fourth-order valence-corrected chi connectivity index (χ4v) is 23.8. The van der Waals surface area contributed by atoms with Crippen molar-refractivity contribution in [3.8, 4) is 0 Å². The minimum Gasteiger partial charge on any atom is -0.397 e. The average molecular weight is 2130 g/mol. The van der Waals surface area contributed by atoms with Crippen molar-refractivity contribution in [1.82, 2.24) is 129 Å². The third-order valence-electron chi connectivity index (χ3n) is 21.4. The van der Waals surface area contributed by atoms with E-state index in [2.05, 4.69) is 101 Å². The highest BCUT2D eigenvalue weighted by molar-refractivity contribution is 8.08. The Bertz CT molecular complexity index is 6510. The number of rotatable bonds is 6. The molecular weight excluding hydrogens is 2070 g/mol. The molecule has 21 heterocycles. The van der Waals surface area contributed by atoms with Crippen molar-refractivity contribution in [1.29, 1.82) is 0 Å². The second kappa shape index (κ2) is 36.5. The minimum absolute atomic E-state index is 0.0836. The summed E-state index contributed by atoms with van der Waals surface area (Å²) in [6.45, 7) is -30.4. The van der Waals surface area contributed by atoms with Crippen LogP contribution in [0.2, 0.25) is 0 Å². The first-order chi connectivity index (χ1) is 63.9. The van der Waals surface area contributed by atoms with Gasteiger partial charge < -0.3 is 119 Å². The van der Waals surface area contributed by atoms with Crippen LogP contribution in [0.5, 0.6) is 0 Å². The minimum atomic E-state index is -4.38. The SMILES string of the molecule is Nc1nc2c(nnn2[C@@H]2O[C@@H]3COP(O)(=S)O[C@H]4[C@H](F)[C@H](n5cnc6c(N)ccnc65)O[C@@H]4COP(O)(=S)O[C@@H]2[C@@H]3F)c(=O)[nH]1.Nc1nc2c(nnn2[C@@H]2O[C@@H]3COP(O)(=S)O[C@H]4[C@H](F)[C@H](n5nnc6c(N)ccnc65)O[C@@H]4COP(O)(=S)O[C@@H]2[C@@H]3F)c(=O)[nH]1.Nc1nc2c(nnn2[C@@H]2O[C@@H]3COP(O)(=S)O[C@H]4[C@H](F)[C@H](n5nnc6c(N)ccnc65)O[C@@H]4COP(O)(=S)O[C@@H]2[C@@H]3F)c(=O)[nH]1. The summed E-state index contributed by atoms with van der Waals surface area (Å²) in [5.41, 5.74) is 32.9. The quantitative estimate of drug-likeness (QED) is 0.0653. The Hall–Kier alpha value is -8.12. The van der Waals surface area contributed by atoms with Gasteiger partial charge in [0.25, 0.3) is 16.7 Å². The van der Waals surface area contributed by atoms with Crippen molar-refractivity contribution in [3.63, 3.8) is 0 Å². The molecule has 0 radical (unpaired) electrons. The van der Waals surface area contributed by atoms with Crippen LogP contribution in [-0.2, 0) is 154 Å². The lowest BCUT2D eigenvalue weighted by Crippen LogP contribution is -2.34. The molecule has 0 aromatic carbocycles. The van der Waals surface area contributed by atoms with E-state index in [1.54, 1.807) is 0 Å².